The number of amides is 1. The van der Waals surface area contributed by atoms with Gasteiger partial charge in [0.1, 0.15) is 12.6 Å². The van der Waals surface area contributed by atoms with Crippen LogP contribution in [0.1, 0.15) is 5.56 Å². The SMILES string of the molecule is O=C(OCc1ccccc1)N1O[C@H]2C=C(Cl)[C@@H]1[C@]1(CO1)C2=O. The van der Waals surface area contributed by atoms with Crippen molar-refractivity contribution in [3.8, 4) is 0 Å². The molecule has 0 radical (unpaired) electrons. The second-order valence-corrected chi connectivity index (χ2v) is 5.82. The van der Waals surface area contributed by atoms with Crippen LogP contribution in [0.4, 0.5) is 4.79 Å². The Balaban J connectivity index is 1.50. The first-order valence-corrected chi connectivity index (χ1v) is 7.22. The molecule has 7 heteroatoms. The number of hydrogen-bond donors (Lipinski definition) is 0. The lowest BCUT2D eigenvalue weighted by molar-refractivity contribution is -0.221. The summed E-state index contributed by atoms with van der Waals surface area (Å²) in [5.74, 6) is -0.200. The molecule has 2 fully saturated rings. The van der Waals surface area contributed by atoms with Crippen LogP contribution in [0.2, 0.25) is 0 Å². The molecule has 0 saturated carbocycles. The fourth-order valence-corrected chi connectivity index (χ4v) is 3.16. The zero-order valence-corrected chi connectivity index (χ0v) is 12.2. The van der Waals surface area contributed by atoms with Gasteiger partial charge < -0.3 is 9.47 Å². The average molecular weight is 322 g/mol. The first kappa shape index (κ1) is 13.8. The van der Waals surface area contributed by atoms with E-state index in [-0.39, 0.29) is 19.0 Å². The molecule has 1 amide bonds. The van der Waals surface area contributed by atoms with Crippen LogP contribution in [-0.4, -0.2) is 41.3 Å². The van der Waals surface area contributed by atoms with Crippen LogP contribution in [0.3, 0.4) is 0 Å². The fourth-order valence-electron chi connectivity index (χ4n) is 2.78. The van der Waals surface area contributed by atoms with Gasteiger partial charge in [0.05, 0.1) is 6.61 Å². The number of hydroxylamine groups is 2. The summed E-state index contributed by atoms with van der Waals surface area (Å²) in [6.45, 7) is 0.350. The molecule has 3 atom stereocenters. The van der Waals surface area contributed by atoms with Crippen molar-refractivity contribution >= 4 is 23.5 Å². The van der Waals surface area contributed by atoms with Crippen LogP contribution in [0.5, 0.6) is 0 Å². The van der Waals surface area contributed by atoms with Crippen molar-refractivity contribution in [2.45, 2.75) is 24.4 Å². The number of Topliss-reactive ketones (excluding diaryl/α,β-unsaturated/α-hetero) is 1. The number of ether oxygens (including phenoxy) is 2. The van der Waals surface area contributed by atoms with Gasteiger partial charge in [0.15, 0.2) is 11.7 Å². The van der Waals surface area contributed by atoms with E-state index in [0.29, 0.717) is 5.03 Å². The van der Waals surface area contributed by atoms with Crippen LogP contribution in [0.25, 0.3) is 0 Å². The molecule has 1 aromatic rings. The van der Waals surface area contributed by atoms with E-state index in [1.54, 1.807) is 0 Å². The van der Waals surface area contributed by atoms with E-state index in [9.17, 15) is 9.59 Å². The molecule has 6 nitrogen and oxygen atoms in total. The van der Waals surface area contributed by atoms with Gasteiger partial charge in [-0.05, 0) is 11.6 Å². The summed E-state index contributed by atoms with van der Waals surface area (Å²) < 4.78 is 10.5. The quantitative estimate of drug-likeness (QED) is 0.777. The van der Waals surface area contributed by atoms with Crippen molar-refractivity contribution in [3.63, 3.8) is 0 Å². The molecule has 1 aromatic carbocycles. The van der Waals surface area contributed by atoms with E-state index in [2.05, 4.69) is 0 Å². The molecule has 2 saturated heterocycles. The number of ketones is 1. The molecular formula is C15H12ClNO5. The molecule has 0 unspecified atom stereocenters. The molecule has 1 aliphatic carbocycles. The molecule has 1 spiro atoms. The van der Waals surface area contributed by atoms with Gasteiger partial charge >= 0.3 is 6.09 Å². The van der Waals surface area contributed by atoms with Gasteiger partial charge in [-0.3, -0.25) is 9.63 Å². The van der Waals surface area contributed by atoms with Crippen LogP contribution >= 0.6 is 11.6 Å². The standard InChI is InChI=1S/C15H12ClNO5/c16-10-6-11-13(18)15(8-21-15)12(10)17(22-11)14(19)20-7-9-4-2-1-3-5-9/h1-6,11-12H,7-8H2/t11-,12+,15+/m0/s1. The summed E-state index contributed by atoms with van der Waals surface area (Å²) >= 11 is 6.16. The van der Waals surface area contributed by atoms with Crippen LogP contribution in [-0.2, 0) is 25.7 Å². The highest BCUT2D eigenvalue weighted by atomic mass is 35.5. The normalized spacial score (nSPS) is 32.1. The Bertz CT molecular complexity index is 670. The van der Waals surface area contributed by atoms with E-state index in [0.717, 1.165) is 10.6 Å². The van der Waals surface area contributed by atoms with Gasteiger partial charge in [-0.2, -0.15) is 5.06 Å². The third-order valence-corrected chi connectivity index (χ3v) is 4.32. The smallest absolute Gasteiger partial charge is 0.435 e. The summed E-state index contributed by atoms with van der Waals surface area (Å²) in [6, 6.07) is 8.51. The Morgan fingerprint density at radius 2 is 2.14 bits per heavy atom. The van der Waals surface area contributed by atoms with Crippen molar-refractivity contribution in [3.05, 3.63) is 47.0 Å². The molecule has 22 heavy (non-hydrogen) atoms. The first-order chi connectivity index (χ1) is 10.6. The minimum absolute atomic E-state index is 0.111. The number of nitrogens with zero attached hydrogens (tertiary/aromatic N) is 1. The van der Waals surface area contributed by atoms with Crippen LogP contribution in [0, 0.1) is 0 Å². The van der Waals surface area contributed by atoms with Gasteiger partial charge in [0.2, 0.25) is 5.78 Å². The highest BCUT2D eigenvalue weighted by Crippen LogP contribution is 2.48. The lowest BCUT2D eigenvalue weighted by Gasteiger charge is -2.43. The van der Waals surface area contributed by atoms with Crippen LogP contribution < -0.4 is 0 Å². The summed E-state index contributed by atoms with van der Waals surface area (Å²) in [5.41, 5.74) is -0.200. The Kier molecular flexibility index (Phi) is 3.00. The second-order valence-electron chi connectivity index (χ2n) is 5.39. The highest BCUT2D eigenvalue weighted by molar-refractivity contribution is 6.32. The Labute approximate surface area is 131 Å². The highest BCUT2D eigenvalue weighted by Gasteiger charge is 2.69. The predicted molar refractivity (Wildman–Crippen MR) is 74.8 cm³/mol. The first-order valence-electron chi connectivity index (χ1n) is 6.84. The molecular weight excluding hydrogens is 310 g/mol. The Morgan fingerprint density at radius 3 is 2.82 bits per heavy atom. The second kappa shape index (κ2) is 4.81. The maximum atomic E-state index is 12.3. The van der Waals surface area contributed by atoms with Crippen molar-refractivity contribution < 1.29 is 23.9 Å². The minimum Gasteiger partial charge on any atom is -0.443 e. The zero-order chi connectivity index (χ0) is 15.3. The molecule has 5 rings (SSSR count). The number of carbonyl (C=O) groups excluding carboxylic acids is 2. The zero-order valence-electron chi connectivity index (χ0n) is 11.4. The number of fused-ring (bicyclic) bond motifs is 1. The summed E-state index contributed by atoms with van der Waals surface area (Å²) in [5, 5.41) is 1.38. The number of benzene rings is 1. The topological polar surface area (TPSA) is 68.4 Å². The third-order valence-electron chi connectivity index (χ3n) is 3.99. The van der Waals surface area contributed by atoms with Gasteiger partial charge in [0, 0.05) is 5.03 Å². The van der Waals surface area contributed by atoms with Crippen molar-refractivity contribution in [2.24, 2.45) is 0 Å². The van der Waals surface area contributed by atoms with Crippen molar-refractivity contribution in [2.75, 3.05) is 6.61 Å². The molecule has 3 aliphatic heterocycles. The van der Waals surface area contributed by atoms with Gasteiger partial charge in [0.25, 0.3) is 0 Å². The monoisotopic (exact) mass is 321 g/mol. The molecule has 0 aromatic heterocycles. The maximum Gasteiger partial charge on any atom is 0.435 e. The van der Waals surface area contributed by atoms with E-state index < -0.39 is 23.8 Å². The molecule has 2 bridgehead atoms. The largest absolute Gasteiger partial charge is 0.443 e. The lowest BCUT2D eigenvalue weighted by atomic mass is 9.85. The van der Waals surface area contributed by atoms with Crippen molar-refractivity contribution in [1.82, 2.24) is 5.06 Å². The molecule has 4 aliphatic rings. The number of epoxide rings is 1. The van der Waals surface area contributed by atoms with Gasteiger partial charge in [-0.1, -0.05) is 41.9 Å². The molecule has 114 valence electrons. The Morgan fingerprint density at radius 1 is 1.41 bits per heavy atom. The van der Waals surface area contributed by atoms with E-state index in [1.807, 2.05) is 30.3 Å². The number of halogens is 1. The molecule has 3 heterocycles. The van der Waals surface area contributed by atoms with E-state index >= 15 is 0 Å². The number of hydrogen-bond acceptors (Lipinski definition) is 5. The lowest BCUT2D eigenvalue weighted by Crippen LogP contribution is -2.64. The van der Waals surface area contributed by atoms with Crippen molar-refractivity contribution in [1.29, 1.82) is 0 Å². The summed E-state index contributed by atoms with van der Waals surface area (Å²) in [7, 11) is 0. The fraction of sp³-hybridized carbons (Fsp3) is 0.333. The Hall–Kier alpha value is -1.89. The number of carbonyl (C=O) groups is 2. The third kappa shape index (κ3) is 1.95. The number of rotatable bonds is 2. The van der Waals surface area contributed by atoms with E-state index in [4.69, 9.17) is 25.9 Å². The van der Waals surface area contributed by atoms with Gasteiger partial charge in [-0.15, -0.1) is 0 Å². The minimum atomic E-state index is -1.06. The maximum absolute atomic E-state index is 12.3. The van der Waals surface area contributed by atoms with Crippen LogP contribution in [0.15, 0.2) is 41.4 Å². The summed E-state index contributed by atoms with van der Waals surface area (Å²) in [4.78, 5) is 29.7. The van der Waals surface area contributed by atoms with E-state index in [1.165, 1.54) is 6.08 Å². The predicted octanol–water partition coefficient (Wildman–Crippen LogP) is 1.78. The average Bonchev–Trinajstić information content (AvgIpc) is 3.31. The summed E-state index contributed by atoms with van der Waals surface area (Å²) in [6.07, 6.45) is -0.0839. The molecule has 0 N–H and O–H groups in total. The van der Waals surface area contributed by atoms with Gasteiger partial charge in [-0.25, -0.2) is 4.79 Å².